The minimum absolute atomic E-state index is 0.562. The highest BCUT2D eigenvalue weighted by Crippen LogP contribution is 2.04. The Morgan fingerprint density at radius 1 is 1.58 bits per heavy atom. The average Bonchev–Trinajstić information content (AvgIpc) is 2.17. The van der Waals surface area contributed by atoms with Gasteiger partial charge in [-0.25, -0.2) is 0 Å². The number of oxime groups is 1. The Kier molecular flexibility index (Phi) is 2.49. The lowest BCUT2D eigenvalue weighted by atomic mass is 10.1. The van der Waals surface area contributed by atoms with E-state index in [1.165, 1.54) is 0 Å². The van der Waals surface area contributed by atoms with E-state index in [-0.39, 0.29) is 0 Å². The zero-order chi connectivity index (χ0) is 8.97. The van der Waals surface area contributed by atoms with Crippen LogP contribution in [0.2, 0.25) is 0 Å². The number of rotatable bonds is 1. The van der Waals surface area contributed by atoms with E-state index in [1.807, 2.05) is 18.2 Å². The molecule has 0 saturated carbocycles. The highest BCUT2D eigenvalue weighted by molar-refractivity contribution is 5.98. The molecule has 0 radical (unpaired) electrons. The van der Waals surface area contributed by atoms with Crippen LogP contribution in [0.5, 0.6) is 0 Å². The number of terminal acetylenes is 1. The van der Waals surface area contributed by atoms with Crippen LogP contribution in [0, 0.1) is 12.3 Å². The molecule has 0 aromatic heterocycles. The van der Waals surface area contributed by atoms with Crippen LogP contribution in [-0.4, -0.2) is 10.9 Å². The summed E-state index contributed by atoms with van der Waals surface area (Å²) in [4.78, 5) is 0. The van der Waals surface area contributed by atoms with Crippen molar-refractivity contribution in [2.24, 2.45) is 5.16 Å². The molecule has 0 saturated heterocycles. The molecule has 0 aliphatic carbocycles. The molecule has 0 heterocycles. The minimum atomic E-state index is 0.562. The van der Waals surface area contributed by atoms with Gasteiger partial charge < -0.3 is 5.21 Å². The third-order valence-electron chi connectivity index (χ3n) is 1.60. The molecule has 0 aliphatic rings. The van der Waals surface area contributed by atoms with Crippen molar-refractivity contribution >= 4 is 5.71 Å². The normalized spacial score (nSPS) is 10.8. The fourth-order valence-electron chi connectivity index (χ4n) is 0.892. The highest BCUT2D eigenvalue weighted by atomic mass is 16.4. The van der Waals surface area contributed by atoms with E-state index >= 15 is 0 Å². The summed E-state index contributed by atoms with van der Waals surface area (Å²) >= 11 is 0. The second-order valence-corrected chi connectivity index (χ2v) is 2.41. The van der Waals surface area contributed by atoms with Crippen LogP contribution in [-0.2, 0) is 0 Å². The maximum atomic E-state index is 8.49. The molecule has 0 unspecified atom stereocenters. The Labute approximate surface area is 71.5 Å². The molecule has 60 valence electrons. The summed E-state index contributed by atoms with van der Waals surface area (Å²) < 4.78 is 0. The topological polar surface area (TPSA) is 32.6 Å². The number of hydrogen-bond donors (Lipinski definition) is 1. The van der Waals surface area contributed by atoms with Crippen molar-refractivity contribution in [2.75, 3.05) is 0 Å². The van der Waals surface area contributed by atoms with E-state index in [4.69, 9.17) is 11.6 Å². The third kappa shape index (κ3) is 1.64. The quantitative estimate of drug-likeness (QED) is 0.288. The Morgan fingerprint density at radius 2 is 2.33 bits per heavy atom. The van der Waals surface area contributed by atoms with Crippen molar-refractivity contribution in [1.29, 1.82) is 0 Å². The van der Waals surface area contributed by atoms with E-state index in [1.54, 1.807) is 13.0 Å². The van der Waals surface area contributed by atoms with Gasteiger partial charge in [-0.1, -0.05) is 23.2 Å². The van der Waals surface area contributed by atoms with Gasteiger partial charge >= 0.3 is 0 Å². The van der Waals surface area contributed by atoms with Crippen LogP contribution >= 0.6 is 0 Å². The molecular formula is C10H9NO. The van der Waals surface area contributed by atoms with Gasteiger partial charge in [0.15, 0.2) is 0 Å². The first-order valence-electron chi connectivity index (χ1n) is 3.53. The molecule has 1 rings (SSSR count). The molecule has 0 atom stereocenters. The maximum Gasteiger partial charge on any atom is 0.0837 e. The molecule has 0 bridgehead atoms. The zero-order valence-electron chi connectivity index (χ0n) is 6.78. The summed E-state index contributed by atoms with van der Waals surface area (Å²) in [6, 6.07) is 7.30. The number of benzene rings is 1. The van der Waals surface area contributed by atoms with Crippen molar-refractivity contribution in [3.05, 3.63) is 35.4 Å². The SMILES string of the molecule is C#Cc1cccc(/C(C)=N\O)c1. The van der Waals surface area contributed by atoms with E-state index in [9.17, 15) is 0 Å². The Balaban J connectivity index is 3.12. The molecule has 1 aromatic carbocycles. The van der Waals surface area contributed by atoms with Gasteiger partial charge in [0, 0.05) is 11.1 Å². The van der Waals surface area contributed by atoms with Gasteiger partial charge in [0.1, 0.15) is 0 Å². The van der Waals surface area contributed by atoms with E-state index in [0.717, 1.165) is 11.1 Å². The first-order chi connectivity index (χ1) is 5.77. The van der Waals surface area contributed by atoms with Crippen LogP contribution in [0.15, 0.2) is 29.4 Å². The Bertz CT molecular complexity index is 347. The summed E-state index contributed by atoms with van der Waals surface area (Å²) in [6.07, 6.45) is 5.21. The Hall–Kier alpha value is -1.75. The largest absolute Gasteiger partial charge is 0.411 e. The smallest absolute Gasteiger partial charge is 0.0837 e. The first kappa shape index (κ1) is 8.35. The van der Waals surface area contributed by atoms with Crippen LogP contribution in [0.1, 0.15) is 18.1 Å². The molecule has 0 aliphatic heterocycles. The summed E-state index contributed by atoms with van der Waals surface area (Å²) in [7, 11) is 0. The fourth-order valence-corrected chi connectivity index (χ4v) is 0.892. The van der Waals surface area contributed by atoms with Crippen LogP contribution in [0.25, 0.3) is 0 Å². The van der Waals surface area contributed by atoms with Crippen molar-refractivity contribution in [1.82, 2.24) is 0 Å². The molecule has 0 spiro atoms. The van der Waals surface area contributed by atoms with Gasteiger partial charge in [0.25, 0.3) is 0 Å². The first-order valence-corrected chi connectivity index (χ1v) is 3.53. The predicted molar refractivity (Wildman–Crippen MR) is 48.4 cm³/mol. The van der Waals surface area contributed by atoms with Crippen molar-refractivity contribution in [3.8, 4) is 12.3 Å². The summed E-state index contributed by atoms with van der Waals surface area (Å²) in [5, 5.41) is 11.6. The molecule has 0 amide bonds. The van der Waals surface area contributed by atoms with E-state index in [0.29, 0.717) is 5.71 Å². The van der Waals surface area contributed by atoms with Crippen molar-refractivity contribution in [2.45, 2.75) is 6.92 Å². The summed E-state index contributed by atoms with van der Waals surface area (Å²) in [5.41, 5.74) is 2.19. The Morgan fingerprint density at radius 3 is 2.92 bits per heavy atom. The monoisotopic (exact) mass is 159 g/mol. The lowest BCUT2D eigenvalue weighted by Gasteiger charge is -1.97. The van der Waals surface area contributed by atoms with E-state index < -0.39 is 0 Å². The minimum Gasteiger partial charge on any atom is -0.411 e. The third-order valence-corrected chi connectivity index (χ3v) is 1.60. The molecule has 0 fully saturated rings. The van der Waals surface area contributed by atoms with Crippen LogP contribution in [0.3, 0.4) is 0 Å². The lowest BCUT2D eigenvalue weighted by Crippen LogP contribution is -1.94. The summed E-state index contributed by atoms with van der Waals surface area (Å²) in [5.74, 6) is 2.51. The molecule has 12 heavy (non-hydrogen) atoms. The van der Waals surface area contributed by atoms with Gasteiger partial charge in [-0.05, 0) is 19.1 Å². The average molecular weight is 159 g/mol. The molecule has 2 heteroatoms. The second kappa shape index (κ2) is 3.59. The number of nitrogens with zero attached hydrogens (tertiary/aromatic N) is 1. The van der Waals surface area contributed by atoms with Crippen LogP contribution < -0.4 is 0 Å². The van der Waals surface area contributed by atoms with Gasteiger partial charge in [-0.2, -0.15) is 0 Å². The zero-order valence-corrected chi connectivity index (χ0v) is 6.78. The van der Waals surface area contributed by atoms with Crippen molar-refractivity contribution in [3.63, 3.8) is 0 Å². The predicted octanol–water partition coefficient (Wildman–Crippen LogP) is 1.87. The fraction of sp³-hybridized carbons (Fsp3) is 0.100. The number of hydrogen-bond acceptors (Lipinski definition) is 2. The molecule has 2 nitrogen and oxygen atoms in total. The van der Waals surface area contributed by atoms with E-state index in [2.05, 4.69) is 11.1 Å². The maximum absolute atomic E-state index is 8.49. The van der Waals surface area contributed by atoms with Gasteiger partial charge in [0.2, 0.25) is 0 Å². The van der Waals surface area contributed by atoms with Gasteiger partial charge in [0.05, 0.1) is 5.71 Å². The van der Waals surface area contributed by atoms with Gasteiger partial charge in [-0.15, -0.1) is 6.42 Å². The molecule has 1 N–H and O–H groups in total. The van der Waals surface area contributed by atoms with Crippen LogP contribution in [0.4, 0.5) is 0 Å². The highest BCUT2D eigenvalue weighted by Gasteiger charge is 1.96. The summed E-state index contributed by atoms with van der Waals surface area (Å²) in [6.45, 7) is 1.72. The van der Waals surface area contributed by atoms with Crippen molar-refractivity contribution < 1.29 is 5.21 Å². The molecule has 1 aromatic rings. The van der Waals surface area contributed by atoms with Gasteiger partial charge in [-0.3, -0.25) is 0 Å². The molecular weight excluding hydrogens is 150 g/mol. The standard InChI is InChI=1S/C10H9NO/c1-3-9-5-4-6-10(7-9)8(2)11-12/h1,4-7,12H,2H3/b11-8-. The lowest BCUT2D eigenvalue weighted by molar-refractivity contribution is 0.319. The second-order valence-electron chi connectivity index (χ2n) is 2.41.